The van der Waals surface area contributed by atoms with Crippen LogP contribution in [0.25, 0.3) is 11.3 Å². The normalized spacial score (nSPS) is 13.3. The Morgan fingerprint density at radius 3 is 2.96 bits per heavy atom. The van der Waals surface area contributed by atoms with Crippen LogP contribution in [0.4, 0.5) is 10.5 Å². The Kier molecular flexibility index (Phi) is 4.52. The van der Waals surface area contributed by atoms with Crippen LogP contribution in [0.5, 0.6) is 0 Å². The summed E-state index contributed by atoms with van der Waals surface area (Å²) in [4.78, 5) is 18.1. The molecule has 3 heterocycles. The van der Waals surface area contributed by atoms with Crippen LogP contribution in [0.1, 0.15) is 23.5 Å². The molecular weight excluding hydrogens is 332 g/mol. The number of rotatable bonds is 4. The van der Waals surface area contributed by atoms with Crippen LogP contribution in [0, 0.1) is 0 Å². The van der Waals surface area contributed by atoms with Gasteiger partial charge in [0.2, 0.25) is 0 Å². The van der Waals surface area contributed by atoms with Crippen LogP contribution in [0.3, 0.4) is 0 Å². The number of aryl methyl sites for hydroxylation is 2. The number of nitrogens with zero attached hydrogens (tertiary/aromatic N) is 2. The summed E-state index contributed by atoms with van der Waals surface area (Å²) in [5, 5.41) is 7.86. The molecule has 5 nitrogen and oxygen atoms in total. The summed E-state index contributed by atoms with van der Waals surface area (Å²) in [6.07, 6.45) is 5.52. The molecular formula is C19H20N4OS. The number of anilines is 1. The van der Waals surface area contributed by atoms with Gasteiger partial charge in [0.1, 0.15) is 5.82 Å². The third-order valence-corrected chi connectivity index (χ3v) is 5.24. The first-order valence-corrected chi connectivity index (χ1v) is 9.40. The van der Waals surface area contributed by atoms with Gasteiger partial charge >= 0.3 is 6.03 Å². The summed E-state index contributed by atoms with van der Waals surface area (Å²) in [7, 11) is 0. The molecule has 2 N–H and O–H groups in total. The van der Waals surface area contributed by atoms with Crippen LogP contribution in [-0.4, -0.2) is 15.6 Å². The van der Waals surface area contributed by atoms with Crippen molar-refractivity contribution < 1.29 is 4.79 Å². The molecule has 1 aliphatic rings. The van der Waals surface area contributed by atoms with Crippen molar-refractivity contribution in [2.24, 2.45) is 0 Å². The van der Waals surface area contributed by atoms with Crippen molar-refractivity contribution >= 4 is 23.1 Å². The van der Waals surface area contributed by atoms with Gasteiger partial charge in [0.15, 0.2) is 0 Å². The number of carbonyl (C=O) groups is 1. The highest BCUT2D eigenvalue weighted by Crippen LogP contribution is 2.28. The molecule has 4 rings (SSSR count). The molecule has 0 spiro atoms. The van der Waals surface area contributed by atoms with E-state index in [0.29, 0.717) is 6.54 Å². The molecule has 0 atom stereocenters. The van der Waals surface area contributed by atoms with E-state index >= 15 is 0 Å². The Hall–Kier alpha value is -2.60. The first-order valence-electron chi connectivity index (χ1n) is 8.52. The molecule has 0 aliphatic carbocycles. The number of thiophene rings is 1. The lowest BCUT2D eigenvalue weighted by Gasteiger charge is -2.11. The summed E-state index contributed by atoms with van der Waals surface area (Å²) in [6.45, 7) is 1.56. The van der Waals surface area contributed by atoms with E-state index in [9.17, 15) is 4.79 Å². The van der Waals surface area contributed by atoms with Crippen LogP contribution >= 0.6 is 11.3 Å². The average molecular weight is 352 g/mol. The maximum Gasteiger partial charge on any atom is 0.319 e. The first-order chi connectivity index (χ1) is 12.3. The fraction of sp³-hybridized carbons (Fsp3) is 0.263. The molecule has 0 saturated carbocycles. The lowest BCUT2D eigenvalue weighted by atomic mass is 10.1. The molecule has 3 aromatic rings. The van der Waals surface area contributed by atoms with Crippen molar-refractivity contribution in [2.75, 3.05) is 5.32 Å². The number of hydrogen-bond donors (Lipinski definition) is 2. The number of imidazole rings is 1. The lowest BCUT2D eigenvalue weighted by molar-refractivity contribution is 0.252. The molecule has 0 saturated heterocycles. The van der Waals surface area contributed by atoms with E-state index in [4.69, 9.17) is 4.98 Å². The zero-order valence-electron chi connectivity index (χ0n) is 13.9. The minimum Gasteiger partial charge on any atom is -0.334 e. The molecule has 128 valence electrons. The van der Waals surface area contributed by atoms with E-state index in [-0.39, 0.29) is 6.03 Å². The van der Waals surface area contributed by atoms with Gasteiger partial charge in [0.05, 0.1) is 17.9 Å². The molecule has 0 radical (unpaired) electrons. The SMILES string of the molecule is O=C(NCc1cccs1)Nc1ccccc1-c1cn2c(n1)CCCC2. The fourth-order valence-corrected chi connectivity index (χ4v) is 3.75. The maximum absolute atomic E-state index is 12.2. The second-order valence-corrected chi connectivity index (χ2v) is 7.16. The minimum absolute atomic E-state index is 0.204. The monoisotopic (exact) mass is 352 g/mol. The highest BCUT2D eigenvalue weighted by molar-refractivity contribution is 7.09. The Morgan fingerprint density at radius 1 is 1.20 bits per heavy atom. The van der Waals surface area contributed by atoms with Crippen LogP contribution in [-0.2, 0) is 19.5 Å². The molecule has 1 aliphatic heterocycles. The highest BCUT2D eigenvalue weighted by atomic mass is 32.1. The fourth-order valence-electron chi connectivity index (χ4n) is 3.10. The third-order valence-electron chi connectivity index (χ3n) is 4.36. The number of fused-ring (bicyclic) bond motifs is 1. The Morgan fingerprint density at radius 2 is 2.12 bits per heavy atom. The Bertz CT molecular complexity index is 846. The number of benzene rings is 1. The van der Waals surface area contributed by atoms with Gasteiger partial charge in [-0.1, -0.05) is 24.3 Å². The molecule has 2 amide bonds. The number of hydrogen-bond acceptors (Lipinski definition) is 3. The van der Waals surface area contributed by atoms with E-state index in [1.807, 2.05) is 41.8 Å². The van der Waals surface area contributed by atoms with Gasteiger partial charge in [-0.15, -0.1) is 11.3 Å². The number of para-hydroxylation sites is 1. The van der Waals surface area contributed by atoms with Crippen LogP contribution in [0.15, 0.2) is 48.0 Å². The van der Waals surface area contributed by atoms with Crippen LogP contribution < -0.4 is 10.6 Å². The average Bonchev–Trinajstić information content (AvgIpc) is 3.30. The molecule has 0 fully saturated rings. The van der Waals surface area contributed by atoms with Crippen molar-refractivity contribution in [3.05, 3.63) is 58.7 Å². The summed E-state index contributed by atoms with van der Waals surface area (Å²) in [5.74, 6) is 1.14. The summed E-state index contributed by atoms with van der Waals surface area (Å²) in [6, 6.07) is 11.6. The van der Waals surface area contributed by atoms with Crippen molar-refractivity contribution in [1.82, 2.24) is 14.9 Å². The van der Waals surface area contributed by atoms with Gasteiger partial charge in [-0.2, -0.15) is 0 Å². The molecule has 0 unspecified atom stereocenters. The number of carbonyl (C=O) groups excluding carboxylic acids is 1. The van der Waals surface area contributed by atoms with Crippen molar-refractivity contribution in [2.45, 2.75) is 32.4 Å². The topological polar surface area (TPSA) is 59.0 Å². The smallest absolute Gasteiger partial charge is 0.319 e. The standard InChI is InChI=1S/C19H20N4OS/c24-19(20-12-14-6-5-11-25-14)22-16-8-2-1-7-15(16)17-13-23-10-4-3-9-18(23)21-17/h1-2,5-8,11,13H,3-4,9-10,12H2,(H2,20,22,24). The van der Waals surface area contributed by atoms with Crippen molar-refractivity contribution in [1.29, 1.82) is 0 Å². The van der Waals surface area contributed by atoms with E-state index in [0.717, 1.165) is 40.6 Å². The van der Waals surface area contributed by atoms with Gasteiger partial charge in [-0.25, -0.2) is 9.78 Å². The van der Waals surface area contributed by atoms with Gasteiger partial charge in [0, 0.05) is 29.6 Å². The second-order valence-electron chi connectivity index (χ2n) is 6.13. The Labute approximate surface area is 150 Å². The zero-order valence-corrected chi connectivity index (χ0v) is 14.7. The molecule has 2 aromatic heterocycles. The predicted octanol–water partition coefficient (Wildman–Crippen LogP) is 4.27. The van der Waals surface area contributed by atoms with E-state index in [1.54, 1.807) is 11.3 Å². The van der Waals surface area contributed by atoms with Gasteiger partial charge in [-0.3, -0.25) is 0 Å². The van der Waals surface area contributed by atoms with Gasteiger partial charge < -0.3 is 15.2 Å². The predicted molar refractivity (Wildman–Crippen MR) is 101 cm³/mol. The largest absolute Gasteiger partial charge is 0.334 e. The maximum atomic E-state index is 12.2. The number of nitrogens with one attached hydrogen (secondary N) is 2. The molecule has 25 heavy (non-hydrogen) atoms. The summed E-state index contributed by atoms with van der Waals surface area (Å²) < 4.78 is 2.23. The van der Waals surface area contributed by atoms with Gasteiger partial charge in [-0.05, 0) is 30.4 Å². The van der Waals surface area contributed by atoms with Crippen LogP contribution in [0.2, 0.25) is 0 Å². The van der Waals surface area contributed by atoms with E-state index in [1.165, 1.54) is 12.8 Å². The summed E-state index contributed by atoms with van der Waals surface area (Å²) in [5.41, 5.74) is 2.66. The second kappa shape index (κ2) is 7.11. The third kappa shape index (κ3) is 3.58. The Balaban J connectivity index is 1.50. The molecule has 1 aromatic carbocycles. The summed E-state index contributed by atoms with van der Waals surface area (Å²) >= 11 is 1.63. The lowest BCUT2D eigenvalue weighted by Crippen LogP contribution is -2.28. The highest BCUT2D eigenvalue weighted by Gasteiger charge is 2.16. The number of aromatic nitrogens is 2. The first kappa shape index (κ1) is 15.9. The minimum atomic E-state index is -0.204. The number of amides is 2. The zero-order chi connectivity index (χ0) is 17.1. The quantitative estimate of drug-likeness (QED) is 0.737. The number of urea groups is 1. The molecule has 6 heteroatoms. The van der Waals surface area contributed by atoms with Crippen molar-refractivity contribution in [3.8, 4) is 11.3 Å². The molecule has 0 bridgehead atoms. The van der Waals surface area contributed by atoms with Gasteiger partial charge in [0.25, 0.3) is 0 Å². The van der Waals surface area contributed by atoms with Crippen molar-refractivity contribution in [3.63, 3.8) is 0 Å². The van der Waals surface area contributed by atoms with E-state index < -0.39 is 0 Å². The van der Waals surface area contributed by atoms with E-state index in [2.05, 4.69) is 21.4 Å².